The smallest absolute Gasteiger partial charge is 0.266 e. The van der Waals surface area contributed by atoms with Crippen LogP contribution >= 0.6 is 23.2 Å². The van der Waals surface area contributed by atoms with Crippen LogP contribution in [0.3, 0.4) is 0 Å². The number of carbonyl (C=O) groups excluding carboxylic acids is 1. The molecular weight excluding hydrogens is 265 g/mol. The first kappa shape index (κ1) is 14.5. The van der Waals surface area contributed by atoms with E-state index >= 15 is 0 Å². The second kappa shape index (κ2) is 7.71. The maximum Gasteiger partial charge on any atom is 0.266 e. The second-order valence-electron chi connectivity index (χ2n) is 3.48. The molecule has 1 amide bonds. The van der Waals surface area contributed by atoms with E-state index in [2.05, 4.69) is 6.58 Å². The summed E-state index contributed by atoms with van der Waals surface area (Å²) in [4.78, 5) is 13.3. The lowest BCUT2D eigenvalue weighted by Crippen LogP contribution is -2.41. The van der Waals surface area contributed by atoms with E-state index in [9.17, 15) is 4.79 Å². The maximum absolute atomic E-state index is 11.8. The molecule has 17 heavy (non-hydrogen) atoms. The van der Waals surface area contributed by atoms with Gasteiger partial charge < -0.3 is 14.4 Å². The molecule has 0 saturated carbocycles. The zero-order valence-corrected chi connectivity index (χ0v) is 10.9. The number of rotatable bonds is 5. The van der Waals surface area contributed by atoms with Gasteiger partial charge in [0.1, 0.15) is 5.03 Å². The monoisotopic (exact) mass is 279 g/mol. The van der Waals surface area contributed by atoms with Crippen LogP contribution in [0.15, 0.2) is 23.2 Å². The highest BCUT2D eigenvalue weighted by Gasteiger charge is 2.22. The van der Waals surface area contributed by atoms with E-state index in [-0.39, 0.29) is 10.9 Å². The van der Waals surface area contributed by atoms with Gasteiger partial charge in [0.2, 0.25) is 0 Å². The van der Waals surface area contributed by atoms with Crippen molar-refractivity contribution in [1.29, 1.82) is 0 Å². The van der Waals surface area contributed by atoms with E-state index in [0.717, 1.165) is 12.0 Å². The summed E-state index contributed by atoms with van der Waals surface area (Å²) in [6, 6.07) is 0. The molecule has 6 heteroatoms. The van der Waals surface area contributed by atoms with E-state index in [1.54, 1.807) is 6.08 Å². The molecule has 0 bridgehead atoms. The van der Waals surface area contributed by atoms with Gasteiger partial charge in [0, 0.05) is 12.1 Å². The Bertz CT molecular complexity index is 301. The molecular formula is C11H15Cl2NO3. The third-order valence-corrected chi connectivity index (χ3v) is 2.80. The molecule has 1 aliphatic heterocycles. The Morgan fingerprint density at radius 1 is 1.47 bits per heavy atom. The number of carbonyl (C=O) groups is 1. The molecule has 0 atom stereocenters. The summed E-state index contributed by atoms with van der Waals surface area (Å²) in [5.41, 5.74) is 1.04. The zero-order chi connectivity index (χ0) is 12.7. The summed E-state index contributed by atoms with van der Waals surface area (Å²) in [5.74, 6) is -0.362. The summed E-state index contributed by atoms with van der Waals surface area (Å²) < 4.78 is 10.7. The van der Waals surface area contributed by atoms with Crippen molar-refractivity contribution < 1.29 is 14.3 Å². The quantitative estimate of drug-likeness (QED) is 0.571. The van der Waals surface area contributed by atoms with Crippen LogP contribution in [-0.4, -0.2) is 43.4 Å². The van der Waals surface area contributed by atoms with E-state index in [0.29, 0.717) is 26.3 Å². The van der Waals surface area contributed by atoms with Crippen LogP contribution in [0.5, 0.6) is 0 Å². The highest BCUT2D eigenvalue weighted by molar-refractivity contribution is 6.46. The minimum atomic E-state index is -0.410. The van der Waals surface area contributed by atoms with Gasteiger partial charge in [-0.15, -0.1) is 6.58 Å². The van der Waals surface area contributed by atoms with Crippen molar-refractivity contribution >= 4 is 29.1 Å². The standard InChI is InChI=1S/C11H15Cl2NO3/c1-2-4-14(11(15)9(13)7-12)8-10-16-5-3-6-17-10/h2,7,10H,1,3-6,8H2. The average Bonchev–Trinajstić information content (AvgIpc) is 2.37. The Balaban J connectivity index is 2.58. The predicted molar refractivity (Wildman–Crippen MR) is 66.9 cm³/mol. The summed E-state index contributed by atoms with van der Waals surface area (Å²) in [6.07, 6.45) is 2.07. The lowest BCUT2D eigenvalue weighted by atomic mass is 10.3. The van der Waals surface area contributed by atoms with Crippen LogP contribution in [0, 0.1) is 0 Å². The van der Waals surface area contributed by atoms with Gasteiger partial charge in [-0.1, -0.05) is 29.3 Å². The predicted octanol–water partition coefficient (Wildman–Crippen LogP) is 2.08. The van der Waals surface area contributed by atoms with Crippen LogP contribution in [-0.2, 0) is 14.3 Å². The van der Waals surface area contributed by atoms with E-state index in [4.69, 9.17) is 32.7 Å². The first-order chi connectivity index (χ1) is 8.19. The van der Waals surface area contributed by atoms with Crippen LogP contribution in [0.4, 0.5) is 0 Å². The molecule has 1 fully saturated rings. The molecule has 0 unspecified atom stereocenters. The number of ether oxygens (including phenoxy) is 2. The molecule has 0 aromatic carbocycles. The Labute approximate surface area is 111 Å². The maximum atomic E-state index is 11.8. The molecule has 1 saturated heterocycles. The molecule has 0 aromatic heterocycles. The third-order valence-electron chi connectivity index (χ3n) is 2.20. The van der Waals surface area contributed by atoms with Crippen molar-refractivity contribution in [2.24, 2.45) is 0 Å². The molecule has 0 spiro atoms. The Morgan fingerprint density at radius 3 is 2.65 bits per heavy atom. The average molecular weight is 280 g/mol. The third kappa shape index (κ3) is 4.68. The van der Waals surface area contributed by atoms with E-state index < -0.39 is 6.29 Å². The molecule has 0 aliphatic carbocycles. The summed E-state index contributed by atoms with van der Waals surface area (Å²) in [6.45, 7) is 5.54. The Hall–Kier alpha value is -0.550. The number of hydrogen-bond donors (Lipinski definition) is 0. The van der Waals surface area contributed by atoms with Gasteiger partial charge in [0.25, 0.3) is 5.91 Å². The summed E-state index contributed by atoms with van der Waals surface area (Å²) in [5, 5.41) is -0.0377. The van der Waals surface area contributed by atoms with Crippen molar-refractivity contribution in [1.82, 2.24) is 4.90 Å². The van der Waals surface area contributed by atoms with Crippen LogP contribution < -0.4 is 0 Å². The minimum Gasteiger partial charge on any atom is -0.351 e. The fraction of sp³-hybridized carbons (Fsp3) is 0.545. The van der Waals surface area contributed by atoms with Crippen molar-refractivity contribution in [3.8, 4) is 0 Å². The van der Waals surface area contributed by atoms with Crippen LogP contribution in [0.25, 0.3) is 0 Å². The van der Waals surface area contributed by atoms with Crippen molar-refractivity contribution in [3.05, 3.63) is 23.2 Å². The van der Waals surface area contributed by atoms with Crippen molar-refractivity contribution in [2.75, 3.05) is 26.3 Å². The lowest BCUT2D eigenvalue weighted by molar-refractivity contribution is -0.187. The van der Waals surface area contributed by atoms with Crippen molar-refractivity contribution in [2.45, 2.75) is 12.7 Å². The topological polar surface area (TPSA) is 38.8 Å². The second-order valence-corrected chi connectivity index (χ2v) is 4.11. The molecule has 0 aromatic rings. The number of halogens is 2. The highest BCUT2D eigenvalue weighted by atomic mass is 35.5. The molecule has 96 valence electrons. The number of hydrogen-bond acceptors (Lipinski definition) is 3. The van der Waals surface area contributed by atoms with E-state index in [1.807, 2.05) is 0 Å². The lowest BCUT2D eigenvalue weighted by Gasteiger charge is -2.29. The van der Waals surface area contributed by atoms with Gasteiger partial charge in [-0.05, 0) is 6.42 Å². The Kier molecular flexibility index (Phi) is 6.58. The first-order valence-electron chi connectivity index (χ1n) is 5.28. The number of nitrogens with zero attached hydrogens (tertiary/aromatic N) is 1. The van der Waals surface area contributed by atoms with Crippen LogP contribution in [0.1, 0.15) is 6.42 Å². The van der Waals surface area contributed by atoms with Gasteiger partial charge in [0.05, 0.1) is 19.8 Å². The molecule has 0 N–H and O–H groups in total. The van der Waals surface area contributed by atoms with Crippen LogP contribution in [0.2, 0.25) is 0 Å². The fourth-order valence-corrected chi connectivity index (χ4v) is 1.63. The van der Waals surface area contributed by atoms with Gasteiger partial charge >= 0.3 is 0 Å². The molecule has 1 heterocycles. The molecule has 1 rings (SSSR count). The molecule has 0 radical (unpaired) electrons. The first-order valence-corrected chi connectivity index (χ1v) is 6.09. The Morgan fingerprint density at radius 2 is 2.12 bits per heavy atom. The van der Waals surface area contributed by atoms with Gasteiger partial charge in [-0.25, -0.2) is 0 Å². The summed E-state index contributed by atoms with van der Waals surface area (Å²) >= 11 is 11.1. The highest BCUT2D eigenvalue weighted by Crippen LogP contribution is 2.12. The minimum absolute atomic E-state index is 0.0377. The SMILES string of the molecule is C=CCN(CC1OCCCO1)C(=O)C(Cl)=CCl. The zero-order valence-electron chi connectivity index (χ0n) is 9.40. The van der Waals surface area contributed by atoms with Crippen molar-refractivity contribution in [3.63, 3.8) is 0 Å². The molecule has 1 aliphatic rings. The van der Waals surface area contributed by atoms with Gasteiger partial charge in [-0.3, -0.25) is 4.79 Å². The van der Waals surface area contributed by atoms with Gasteiger partial charge in [-0.2, -0.15) is 0 Å². The normalized spacial score (nSPS) is 17.9. The largest absolute Gasteiger partial charge is 0.351 e. The number of amides is 1. The molecule has 4 nitrogen and oxygen atoms in total. The van der Waals surface area contributed by atoms with Gasteiger partial charge in [0.15, 0.2) is 6.29 Å². The van der Waals surface area contributed by atoms with E-state index in [1.165, 1.54) is 4.90 Å². The summed E-state index contributed by atoms with van der Waals surface area (Å²) in [7, 11) is 0. The fourth-order valence-electron chi connectivity index (χ4n) is 1.42.